The lowest BCUT2D eigenvalue weighted by atomic mass is 9.96. The minimum Gasteiger partial charge on any atom is -0.330 e. The molecule has 1 unspecified atom stereocenters. The predicted octanol–water partition coefficient (Wildman–Crippen LogP) is 2.39. The molecule has 2 nitrogen and oxygen atoms in total. The van der Waals surface area contributed by atoms with Crippen LogP contribution in [0.4, 0.5) is 0 Å². The van der Waals surface area contributed by atoms with E-state index in [9.17, 15) is 0 Å². The monoisotopic (exact) mass is 212 g/mol. The molecule has 0 aromatic heterocycles. The zero-order chi connectivity index (χ0) is 11.3. The highest BCUT2D eigenvalue weighted by Gasteiger charge is 2.39. The summed E-state index contributed by atoms with van der Waals surface area (Å²) in [6.07, 6.45) is 5.43. The van der Waals surface area contributed by atoms with Crippen molar-refractivity contribution in [3.63, 3.8) is 0 Å². The molecule has 2 heteroatoms. The Balaban J connectivity index is 2.11. The van der Waals surface area contributed by atoms with E-state index in [1.54, 1.807) is 0 Å². The van der Waals surface area contributed by atoms with Gasteiger partial charge in [-0.3, -0.25) is 0 Å². The first-order valence-corrected chi connectivity index (χ1v) is 6.52. The molecule has 0 spiro atoms. The maximum atomic E-state index is 5.78. The third-order valence-electron chi connectivity index (χ3n) is 3.78. The van der Waals surface area contributed by atoms with E-state index in [0.29, 0.717) is 11.3 Å². The van der Waals surface area contributed by atoms with Gasteiger partial charge in [-0.2, -0.15) is 0 Å². The lowest BCUT2D eigenvalue weighted by Crippen LogP contribution is -2.32. The predicted molar refractivity (Wildman–Crippen MR) is 66.8 cm³/mol. The molecule has 1 aliphatic carbocycles. The summed E-state index contributed by atoms with van der Waals surface area (Å²) < 4.78 is 0. The molecule has 0 aliphatic heterocycles. The van der Waals surface area contributed by atoms with Gasteiger partial charge in [-0.25, -0.2) is 0 Å². The van der Waals surface area contributed by atoms with Crippen LogP contribution in [-0.2, 0) is 0 Å². The SMILES string of the molecule is CCC1(CNCC(CN)CC(C)C)CC1. The molecule has 0 aromatic rings. The molecule has 1 saturated carbocycles. The molecule has 1 fully saturated rings. The maximum absolute atomic E-state index is 5.78. The van der Waals surface area contributed by atoms with E-state index in [0.717, 1.165) is 19.0 Å². The van der Waals surface area contributed by atoms with Crippen LogP contribution in [0.2, 0.25) is 0 Å². The first kappa shape index (κ1) is 13.0. The summed E-state index contributed by atoms with van der Waals surface area (Å²) in [7, 11) is 0. The quantitative estimate of drug-likeness (QED) is 0.648. The zero-order valence-electron chi connectivity index (χ0n) is 10.7. The van der Waals surface area contributed by atoms with Gasteiger partial charge in [-0.1, -0.05) is 20.8 Å². The molecule has 0 radical (unpaired) electrons. The summed E-state index contributed by atoms with van der Waals surface area (Å²) in [4.78, 5) is 0. The van der Waals surface area contributed by atoms with E-state index < -0.39 is 0 Å². The van der Waals surface area contributed by atoms with Crippen molar-refractivity contribution in [3.05, 3.63) is 0 Å². The molecule has 0 amide bonds. The van der Waals surface area contributed by atoms with Gasteiger partial charge in [0.1, 0.15) is 0 Å². The largest absolute Gasteiger partial charge is 0.330 e. The van der Waals surface area contributed by atoms with Crippen LogP contribution in [0.25, 0.3) is 0 Å². The summed E-state index contributed by atoms with van der Waals surface area (Å²) in [6, 6.07) is 0. The fourth-order valence-corrected chi connectivity index (χ4v) is 2.30. The minimum absolute atomic E-state index is 0.664. The Kier molecular flexibility index (Phi) is 5.07. The van der Waals surface area contributed by atoms with Crippen LogP contribution in [-0.4, -0.2) is 19.6 Å². The van der Waals surface area contributed by atoms with Crippen molar-refractivity contribution in [3.8, 4) is 0 Å². The van der Waals surface area contributed by atoms with Crippen LogP contribution in [0, 0.1) is 17.3 Å². The van der Waals surface area contributed by atoms with Gasteiger partial charge in [-0.05, 0) is 56.0 Å². The lowest BCUT2D eigenvalue weighted by Gasteiger charge is -2.20. The van der Waals surface area contributed by atoms with Crippen LogP contribution in [0.1, 0.15) is 46.5 Å². The second kappa shape index (κ2) is 5.86. The number of hydrogen-bond donors (Lipinski definition) is 2. The highest BCUT2D eigenvalue weighted by Crippen LogP contribution is 2.47. The van der Waals surface area contributed by atoms with Gasteiger partial charge < -0.3 is 11.1 Å². The molecular formula is C13H28N2. The van der Waals surface area contributed by atoms with E-state index in [-0.39, 0.29) is 0 Å². The average molecular weight is 212 g/mol. The molecule has 1 rings (SSSR count). The fourth-order valence-electron chi connectivity index (χ4n) is 2.30. The van der Waals surface area contributed by atoms with E-state index >= 15 is 0 Å². The van der Waals surface area contributed by atoms with Crippen molar-refractivity contribution in [2.75, 3.05) is 19.6 Å². The Morgan fingerprint density at radius 3 is 2.40 bits per heavy atom. The molecule has 0 aromatic carbocycles. The molecule has 3 N–H and O–H groups in total. The Hall–Kier alpha value is -0.0800. The Morgan fingerprint density at radius 1 is 1.33 bits per heavy atom. The van der Waals surface area contributed by atoms with Crippen molar-refractivity contribution < 1.29 is 0 Å². The van der Waals surface area contributed by atoms with Crippen LogP contribution in [0.5, 0.6) is 0 Å². The Bertz CT molecular complexity index is 173. The summed E-state index contributed by atoms with van der Waals surface area (Å²) in [5.74, 6) is 1.43. The fraction of sp³-hybridized carbons (Fsp3) is 1.00. The smallest absolute Gasteiger partial charge is 0.000784 e. The van der Waals surface area contributed by atoms with Gasteiger partial charge in [0.15, 0.2) is 0 Å². The molecule has 90 valence electrons. The van der Waals surface area contributed by atoms with Crippen molar-refractivity contribution in [1.82, 2.24) is 5.32 Å². The Morgan fingerprint density at radius 2 is 2.00 bits per heavy atom. The number of rotatable bonds is 8. The summed E-state index contributed by atoms with van der Waals surface area (Å²) in [5.41, 5.74) is 6.44. The van der Waals surface area contributed by atoms with Crippen molar-refractivity contribution >= 4 is 0 Å². The van der Waals surface area contributed by atoms with Crippen LogP contribution >= 0.6 is 0 Å². The van der Waals surface area contributed by atoms with Crippen LogP contribution < -0.4 is 11.1 Å². The number of nitrogens with two attached hydrogens (primary N) is 1. The molecule has 1 aliphatic rings. The second-order valence-electron chi connectivity index (χ2n) is 5.72. The van der Waals surface area contributed by atoms with Gasteiger partial charge in [0.05, 0.1) is 0 Å². The normalized spacial score (nSPS) is 20.6. The van der Waals surface area contributed by atoms with Crippen LogP contribution in [0.15, 0.2) is 0 Å². The third kappa shape index (κ3) is 4.52. The Labute approximate surface area is 95.0 Å². The van der Waals surface area contributed by atoms with Gasteiger partial charge in [0.2, 0.25) is 0 Å². The maximum Gasteiger partial charge on any atom is 0.000784 e. The van der Waals surface area contributed by atoms with Gasteiger partial charge in [0.25, 0.3) is 0 Å². The molecule has 0 saturated heterocycles. The first-order valence-electron chi connectivity index (χ1n) is 6.52. The lowest BCUT2D eigenvalue weighted by molar-refractivity contribution is 0.365. The number of nitrogens with one attached hydrogen (secondary N) is 1. The van der Waals surface area contributed by atoms with E-state index in [1.807, 2.05) is 0 Å². The minimum atomic E-state index is 0.664. The van der Waals surface area contributed by atoms with Gasteiger partial charge in [-0.15, -0.1) is 0 Å². The summed E-state index contributed by atoms with van der Waals surface area (Å²) in [6.45, 7) is 10.00. The second-order valence-corrected chi connectivity index (χ2v) is 5.72. The summed E-state index contributed by atoms with van der Waals surface area (Å²) in [5, 5.41) is 3.62. The van der Waals surface area contributed by atoms with Gasteiger partial charge >= 0.3 is 0 Å². The van der Waals surface area contributed by atoms with E-state index in [4.69, 9.17) is 5.73 Å². The summed E-state index contributed by atoms with van der Waals surface area (Å²) >= 11 is 0. The van der Waals surface area contributed by atoms with Crippen molar-refractivity contribution in [2.24, 2.45) is 23.0 Å². The molecule has 0 heterocycles. The van der Waals surface area contributed by atoms with E-state index in [1.165, 1.54) is 32.2 Å². The molecule has 15 heavy (non-hydrogen) atoms. The average Bonchev–Trinajstić information content (AvgIpc) is 2.96. The zero-order valence-corrected chi connectivity index (χ0v) is 10.7. The molecular weight excluding hydrogens is 184 g/mol. The highest BCUT2D eigenvalue weighted by molar-refractivity contribution is 4.93. The van der Waals surface area contributed by atoms with Crippen molar-refractivity contribution in [1.29, 1.82) is 0 Å². The van der Waals surface area contributed by atoms with Gasteiger partial charge in [0, 0.05) is 6.54 Å². The standard InChI is InChI=1S/C13H28N2/c1-4-13(5-6-13)10-15-9-12(8-14)7-11(2)3/h11-12,15H,4-10,14H2,1-3H3. The highest BCUT2D eigenvalue weighted by atomic mass is 14.9. The topological polar surface area (TPSA) is 38.0 Å². The first-order chi connectivity index (χ1) is 7.12. The van der Waals surface area contributed by atoms with E-state index in [2.05, 4.69) is 26.1 Å². The third-order valence-corrected chi connectivity index (χ3v) is 3.78. The van der Waals surface area contributed by atoms with Crippen LogP contribution in [0.3, 0.4) is 0 Å². The van der Waals surface area contributed by atoms with Crippen molar-refractivity contribution in [2.45, 2.75) is 46.5 Å². The number of hydrogen-bond acceptors (Lipinski definition) is 2. The molecule has 1 atom stereocenters. The molecule has 0 bridgehead atoms.